The molecule has 1 saturated carbocycles. The predicted molar refractivity (Wildman–Crippen MR) is 75.5 cm³/mol. The molecule has 1 aromatic rings. The van der Waals surface area contributed by atoms with E-state index in [1.54, 1.807) is 0 Å². The molecular weight excluding hydrogens is 260 g/mol. The molecular formula is C12H22N6O2. The molecule has 1 fully saturated rings. The lowest BCUT2D eigenvalue weighted by molar-refractivity contribution is 0.124. The van der Waals surface area contributed by atoms with Crippen molar-refractivity contribution in [3.05, 3.63) is 0 Å². The van der Waals surface area contributed by atoms with E-state index >= 15 is 0 Å². The summed E-state index contributed by atoms with van der Waals surface area (Å²) < 4.78 is 10.8. The van der Waals surface area contributed by atoms with Gasteiger partial charge in [0.1, 0.15) is 0 Å². The van der Waals surface area contributed by atoms with Gasteiger partial charge in [0.05, 0.1) is 6.61 Å². The summed E-state index contributed by atoms with van der Waals surface area (Å²) in [6.45, 7) is 4.72. The van der Waals surface area contributed by atoms with Crippen LogP contribution < -0.4 is 21.3 Å². The fraction of sp³-hybridized carbons (Fsp3) is 0.750. The second-order valence-corrected chi connectivity index (χ2v) is 4.64. The molecule has 0 radical (unpaired) electrons. The number of hydrogen-bond acceptors (Lipinski definition) is 8. The molecule has 1 aliphatic carbocycles. The Morgan fingerprint density at radius 3 is 2.75 bits per heavy atom. The standard InChI is InChI=1S/C12H22N6O2/c1-2-20-12-16-10(15-11(17-12)18-13)14-6-3-7-19-8-9-4-5-9/h9H,2-8,13H2,1H3,(H2,14,15,16,17,18). The smallest absolute Gasteiger partial charge is 0.323 e. The molecule has 8 nitrogen and oxygen atoms in total. The molecule has 8 heteroatoms. The van der Waals surface area contributed by atoms with Crippen LogP contribution in [0.5, 0.6) is 6.01 Å². The first-order valence-corrected chi connectivity index (χ1v) is 6.99. The number of nitrogens with two attached hydrogens (primary N) is 1. The Balaban J connectivity index is 1.71. The number of nitrogen functional groups attached to an aromatic ring is 1. The van der Waals surface area contributed by atoms with E-state index in [4.69, 9.17) is 15.3 Å². The predicted octanol–water partition coefficient (Wildman–Crippen LogP) is 0.784. The summed E-state index contributed by atoms with van der Waals surface area (Å²) >= 11 is 0. The summed E-state index contributed by atoms with van der Waals surface area (Å²) in [6, 6.07) is 0.253. The number of hydrogen-bond donors (Lipinski definition) is 3. The molecule has 1 heterocycles. The molecule has 112 valence electrons. The number of ether oxygens (including phenoxy) is 2. The van der Waals surface area contributed by atoms with E-state index in [1.165, 1.54) is 12.8 Å². The maximum Gasteiger partial charge on any atom is 0.323 e. The van der Waals surface area contributed by atoms with Crippen molar-refractivity contribution in [1.82, 2.24) is 15.0 Å². The molecule has 4 N–H and O–H groups in total. The van der Waals surface area contributed by atoms with E-state index in [0.29, 0.717) is 12.6 Å². The van der Waals surface area contributed by atoms with Crippen molar-refractivity contribution >= 4 is 11.9 Å². The van der Waals surface area contributed by atoms with Crippen LogP contribution in [0.2, 0.25) is 0 Å². The van der Waals surface area contributed by atoms with Crippen molar-refractivity contribution < 1.29 is 9.47 Å². The van der Waals surface area contributed by atoms with E-state index in [9.17, 15) is 0 Å². The lowest BCUT2D eigenvalue weighted by Gasteiger charge is -2.08. The highest BCUT2D eigenvalue weighted by molar-refractivity contribution is 5.34. The zero-order valence-corrected chi connectivity index (χ0v) is 11.8. The summed E-state index contributed by atoms with van der Waals surface area (Å²) in [6.07, 6.45) is 3.53. The van der Waals surface area contributed by atoms with Gasteiger partial charge in [-0.1, -0.05) is 0 Å². The Bertz CT molecular complexity index is 413. The number of rotatable bonds is 10. The van der Waals surface area contributed by atoms with Crippen LogP contribution in [0.4, 0.5) is 11.9 Å². The minimum Gasteiger partial charge on any atom is -0.464 e. The highest BCUT2D eigenvalue weighted by Gasteiger charge is 2.20. The molecule has 0 aliphatic heterocycles. The third-order valence-corrected chi connectivity index (χ3v) is 2.82. The number of nitrogens with zero attached hydrogens (tertiary/aromatic N) is 3. The maximum absolute atomic E-state index is 5.55. The monoisotopic (exact) mass is 282 g/mol. The summed E-state index contributed by atoms with van der Waals surface area (Å²) in [5.74, 6) is 6.83. The van der Waals surface area contributed by atoms with E-state index < -0.39 is 0 Å². The van der Waals surface area contributed by atoms with Crippen molar-refractivity contribution in [2.24, 2.45) is 11.8 Å². The van der Waals surface area contributed by atoms with Crippen LogP contribution in [0.25, 0.3) is 0 Å². The van der Waals surface area contributed by atoms with Gasteiger partial charge in [0.25, 0.3) is 0 Å². The van der Waals surface area contributed by atoms with Crippen LogP contribution in [0.3, 0.4) is 0 Å². The van der Waals surface area contributed by atoms with E-state index in [1.807, 2.05) is 6.92 Å². The van der Waals surface area contributed by atoms with Crippen molar-refractivity contribution in [3.63, 3.8) is 0 Å². The van der Waals surface area contributed by atoms with Crippen molar-refractivity contribution in [2.45, 2.75) is 26.2 Å². The van der Waals surface area contributed by atoms with Crippen molar-refractivity contribution in [3.8, 4) is 6.01 Å². The first-order valence-electron chi connectivity index (χ1n) is 6.99. The fourth-order valence-corrected chi connectivity index (χ4v) is 1.60. The fourth-order valence-electron chi connectivity index (χ4n) is 1.60. The summed E-state index contributed by atoms with van der Waals surface area (Å²) in [7, 11) is 0. The number of nitrogens with one attached hydrogen (secondary N) is 2. The molecule has 1 aliphatic rings. The Kier molecular flexibility index (Phi) is 5.75. The van der Waals surface area contributed by atoms with Crippen molar-refractivity contribution in [2.75, 3.05) is 37.1 Å². The Hall–Kier alpha value is -1.67. The molecule has 0 amide bonds. The number of anilines is 2. The van der Waals surface area contributed by atoms with Gasteiger partial charge in [-0.25, -0.2) is 5.84 Å². The Morgan fingerprint density at radius 2 is 2.05 bits per heavy atom. The number of hydrazine groups is 1. The van der Waals surface area contributed by atoms with Crippen LogP contribution in [0, 0.1) is 5.92 Å². The molecule has 0 aromatic carbocycles. The summed E-state index contributed by atoms with van der Waals surface area (Å²) in [5, 5.41) is 3.10. The Morgan fingerprint density at radius 1 is 1.25 bits per heavy atom. The largest absolute Gasteiger partial charge is 0.464 e. The normalized spacial score (nSPS) is 14.1. The Labute approximate surface area is 118 Å². The second-order valence-electron chi connectivity index (χ2n) is 4.64. The van der Waals surface area contributed by atoms with Gasteiger partial charge in [-0.2, -0.15) is 15.0 Å². The highest BCUT2D eigenvalue weighted by Crippen LogP contribution is 2.28. The van der Waals surface area contributed by atoms with E-state index in [2.05, 4.69) is 25.7 Å². The van der Waals surface area contributed by atoms with Crippen LogP contribution in [0.1, 0.15) is 26.2 Å². The van der Waals surface area contributed by atoms with Crippen LogP contribution in [0.15, 0.2) is 0 Å². The average molecular weight is 282 g/mol. The average Bonchev–Trinajstić information content (AvgIpc) is 3.27. The molecule has 0 bridgehead atoms. The zero-order chi connectivity index (χ0) is 14.2. The molecule has 0 atom stereocenters. The third kappa shape index (κ3) is 5.14. The minimum atomic E-state index is 0.253. The number of aromatic nitrogens is 3. The highest BCUT2D eigenvalue weighted by atomic mass is 16.5. The van der Waals surface area contributed by atoms with E-state index in [-0.39, 0.29) is 12.0 Å². The minimum absolute atomic E-state index is 0.253. The van der Waals surface area contributed by atoms with Crippen LogP contribution >= 0.6 is 0 Å². The van der Waals surface area contributed by atoms with Gasteiger partial charge in [0.2, 0.25) is 11.9 Å². The molecule has 1 aromatic heterocycles. The van der Waals surface area contributed by atoms with Gasteiger partial charge >= 0.3 is 6.01 Å². The summed E-state index contributed by atoms with van der Waals surface area (Å²) in [4.78, 5) is 12.2. The molecule has 20 heavy (non-hydrogen) atoms. The SMILES string of the molecule is CCOc1nc(NN)nc(NCCCOCC2CC2)n1. The molecule has 0 unspecified atom stereocenters. The topological polar surface area (TPSA) is 107 Å². The van der Waals surface area contributed by atoms with Crippen LogP contribution in [-0.2, 0) is 4.74 Å². The van der Waals surface area contributed by atoms with Crippen LogP contribution in [-0.4, -0.2) is 41.3 Å². The lowest BCUT2D eigenvalue weighted by Crippen LogP contribution is -2.15. The molecule has 0 spiro atoms. The summed E-state index contributed by atoms with van der Waals surface area (Å²) in [5.41, 5.74) is 2.39. The third-order valence-electron chi connectivity index (χ3n) is 2.82. The quantitative estimate of drug-likeness (QED) is 0.328. The zero-order valence-electron chi connectivity index (χ0n) is 11.8. The lowest BCUT2D eigenvalue weighted by atomic mass is 10.4. The first kappa shape index (κ1) is 14.7. The van der Waals surface area contributed by atoms with Gasteiger partial charge in [-0.15, -0.1) is 0 Å². The first-order chi connectivity index (χ1) is 9.81. The van der Waals surface area contributed by atoms with Gasteiger partial charge < -0.3 is 14.8 Å². The molecule has 2 rings (SSSR count). The molecule has 0 saturated heterocycles. The van der Waals surface area contributed by atoms with Crippen molar-refractivity contribution in [1.29, 1.82) is 0 Å². The van der Waals surface area contributed by atoms with Gasteiger partial charge in [-0.05, 0) is 32.1 Å². The second kappa shape index (κ2) is 7.81. The maximum atomic E-state index is 5.55. The van der Waals surface area contributed by atoms with Gasteiger partial charge in [-0.3, -0.25) is 5.43 Å². The van der Waals surface area contributed by atoms with E-state index in [0.717, 1.165) is 32.1 Å². The van der Waals surface area contributed by atoms with Gasteiger partial charge in [0, 0.05) is 19.8 Å². The van der Waals surface area contributed by atoms with Gasteiger partial charge in [0.15, 0.2) is 0 Å².